The van der Waals surface area contributed by atoms with Gasteiger partial charge in [0.2, 0.25) is 5.95 Å². The van der Waals surface area contributed by atoms with E-state index >= 15 is 0 Å². The molecular weight excluding hydrogens is 499 g/mol. The lowest BCUT2D eigenvalue weighted by atomic mass is 9.99. The molecule has 3 aromatic rings. The van der Waals surface area contributed by atoms with Gasteiger partial charge in [0, 0.05) is 66.2 Å². The predicted octanol–water partition coefficient (Wildman–Crippen LogP) is 4.59. The number of rotatable bonds is 6. The molecule has 0 unspecified atom stereocenters. The number of nitrogens with one attached hydrogen (secondary N) is 2. The lowest BCUT2D eigenvalue weighted by molar-refractivity contribution is 0.417. The zero-order valence-corrected chi connectivity index (χ0v) is 23.0. The SMILES string of the molecule is CN=C1CCN(C#N)c2cc(OC)c(Nc3ncc(C)c(Nc4ccccc4P(C)(C)=O)n3)cc2C1=CN. The molecule has 4 rings (SSSR count). The topological polar surface area (TPSA) is 142 Å². The van der Waals surface area contributed by atoms with Gasteiger partial charge in [-0.15, -0.1) is 0 Å². The fourth-order valence-electron chi connectivity index (χ4n) is 4.35. The van der Waals surface area contributed by atoms with Gasteiger partial charge >= 0.3 is 0 Å². The first-order chi connectivity index (χ1) is 18.2. The van der Waals surface area contributed by atoms with Crippen LogP contribution in [0, 0.1) is 18.4 Å². The quantitative estimate of drug-likeness (QED) is 0.308. The van der Waals surface area contributed by atoms with Gasteiger partial charge in [-0.05, 0) is 38.5 Å². The fraction of sp³-hybridized carbons (Fsp3) is 0.259. The van der Waals surface area contributed by atoms with E-state index in [0.717, 1.165) is 33.4 Å². The molecule has 0 spiro atoms. The van der Waals surface area contributed by atoms with Crippen molar-refractivity contribution in [1.29, 1.82) is 5.26 Å². The molecule has 1 aliphatic heterocycles. The largest absolute Gasteiger partial charge is 0.494 e. The Kier molecular flexibility index (Phi) is 7.70. The number of hydrogen-bond donors (Lipinski definition) is 3. The molecule has 0 bridgehead atoms. The van der Waals surface area contributed by atoms with Crippen LogP contribution in [-0.2, 0) is 4.57 Å². The van der Waals surface area contributed by atoms with E-state index in [0.29, 0.717) is 41.9 Å². The number of para-hydroxylation sites is 1. The summed E-state index contributed by atoms with van der Waals surface area (Å²) >= 11 is 0. The highest BCUT2D eigenvalue weighted by atomic mass is 31.2. The molecule has 1 aromatic heterocycles. The van der Waals surface area contributed by atoms with Gasteiger partial charge in [-0.3, -0.25) is 9.89 Å². The van der Waals surface area contributed by atoms with Gasteiger partial charge < -0.3 is 25.7 Å². The normalized spacial score (nSPS) is 15.5. The summed E-state index contributed by atoms with van der Waals surface area (Å²) in [5.41, 5.74) is 11.2. The van der Waals surface area contributed by atoms with E-state index in [1.165, 1.54) is 6.20 Å². The van der Waals surface area contributed by atoms with Crippen molar-refractivity contribution >= 4 is 52.6 Å². The van der Waals surface area contributed by atoms with E-state index in [9.17, 15) is 9.83 Å². The molecule has 38 heavy (non-hydrogen) atoms. The minimum atomic E-state index is -2.51. The molecule has 1 aliphatic rings. The van der Waals surface area contributed by atoms with Gasteiger partial charge in [-0.2, -0.15) is 10.2 Å². The van der Waals surface area contributed by atoms with Gasteiger partial charge in [-0.1, -0.05) is 12.1 Å². The maximum Gasteiger partial charge on any atom is 0.229 e. The summed E-state index contributed by atoms with van der Waals surface area (Å²) < 4.78 is 18.5. The molecular formula is C27H31N8O2P. The number of aryl methyl sites for hydroxylation is 1. The Hall–Kier alpha value is -4.35. The second kappa shape index (κ2) is 11.0. The lowest BCUT2D eigenvalue weighted by Crippen LogP contribution is -2.18. The Morgan fingerprint density at radius 1 is 1.24 bits per heavy atom. The molecule has 10 nitrogen and oxygen atoms in total. The zero-order valence-electron chi connectivity index (χ0n) is 22.1. The summed E-state index contributed by atoms with van der Waals surface area (Å²) in [5, 5.41) is 17.1. The summed E-state index contributed by atoms with van der Waals surface area (Å²) in [6.45, 7) is 5.85. The van der Waals surface area contributed by atoms with Gasteiger partial charge in [0.15, 0.2) is 6.19 Å². The zero-order chi connectivity index (χ0) is 27.4. The van der Waals surface area contributed by atoms with Crippen LogP contribution in [0.4, 0.5) is 28.8 Å². The van der Waals surface area contributed by atoms with E-state index in [1.54, 1.807) is 44.7 Å². The first-order valence-corrected chi connectivity index (χ1v) is 14.6. The molecule has 0 aliphatic carbocycles. The molecule has 11 heteroatoms. The summed E-state index contributed by atoms with van der Waals surface area (Å²) in [5.74, 6) is 1.42. The Morgan fingerprint density at radius 2 is 2.00 bits per heavy atom. The fourth-order valence-corrected chi connectivity index (χ4v) is 5.51. The molecule has 2 aromatic carbocycles. The van der Waals surface area contributed by atoms with Crippen molar-refractivity contribution in [3.05, 3.63) is 59.9 Å². The molecule has 0 amide bonds. The molecule has 0 radical (unpaired) electrons. The minimum Gasteiger partial charge on any atom is -0.494 e. The number of anilines is 5. The van der Waals surface area contributed by atoms with E-state index in [4.69, 9.17) is 10.5 Å². The lowest BCUT2D eigenvalue weighted by Gasteiger charge is -2.20. The van der Waals surface area contributed by atoms with Crippen LogP contribution < -0.4 is 31.3 Å². The van der Waals surface area contributed by atoms with Gasteiger partial charge in [0.25, 0.3) is 0 Å². The average molecular weight is 531 g/mol. The van der Waals surface area contributed by atoms with Crippen molar-refractivity contribution in [1.82, 2.24) is 9.97 Å². The van der Waals surface area contributed by atoms with Crippen molar-refractivity contribution in [3.63, 3.8) is 0 Å². The van der Waals surface area contributed by atoms with Crippen molar-refractivity contribution in [2.24, 2.45) is 10.7 Å². The standard InChI is InChI=1S/C27H31N8O2P/c1-17-15-31-27(34-26(17)32-21-8-6-7-9-25(21)38(4,5)36)33-22-12-18-19(14-28)20(30-2)10-11-35(16-29)23(18)13-24(22)37-3/h6-9,12-15H,10-11,28H2,1-5H3,(H2,31,32,33,34). The molecule has 196 valence electrons. The van der Waals surface area contributed by atoms with E-state index < -0.39 is 7.14 Å². The Balaban J connectivity index is 1.76. The van der Waals surface area contributed by atoms with Crippen molar-refractivity contribution in [3.8, 4) is 11.9 Å². The number of benzene rings is 2. The summed E-state index contributed by atoms with van der Waals surface area (Å²) in [4.78, 5) is 15.1. The number of allylic oxidation sites excluding steroid dienone is 1. The van der Waals surface area contributed by atoms with Crippen LogP contribution in [0.1, 0.15) is 17.5 Å². The minimum absolute atomic E-state index is 0.332. The van der Waals surface area contributed by atoms with Crippen LogP contribution in [0.3, 0.4) is 0 Å². The third kappa shape index (κ3) is 5.34. The molecule has 0 saturated heterocycles. The number of hydrogen-bond acceptors (Lipinski definition) is 10. The summed E-state index contributed by atoms with van der Waals surface area (Å²) in [7, 11) is 0.762. The van der Waals surface area contributed by atoms with Crippen LogP contribution in [0.15, 0.2) is 53.8 Å². The van der Waals surface area contributed by atoms with Crippen molar-refractivity contribution in [2.45, 2.75) is 13.3 Å². The first-order valence-electron chi connectivity index (χ1n) is 12.0. The van der Waals surface area contributed by atoms with Crippen LogP contribution in [0.25, 0.3) is 5.57 Å². The number of nitrogens with zero attached hydrogens (tertiary/aromatic N) is 5. The molecule has 2 heterocycles. The number of ether oxygens (including phenoxy) is 1. The smallest absolute Gasteiger partial charge is 0.229 e. The van der Waals surface area contributed by atoms with Gasteiger partial charge in [-0.25, -0.2) is 4.98 Å². The third-order valence-electron chi connectivity index (χ3n) is 6.29. The monoisotopic (exact) mass is 530 g/mol. The van der Waals surface area contributed by atoms with Gasteiger partial charge in [0.1, 0.15) is 18.7 Å². The van der Waals surface area contributed by atoms with Crippen LogP contribution in [-0.4, -0.2) is 49.7 Å². The maximum atomic E-state index is 12.8. The Morgan fingerprint density at radius 3 is 2.66 bits per heavy atom. The maximum absolute atomic E-state index is 12.8. The molecule has 0 fully saturated rings. The second-order valence-corrected chi connectivity index (χ2v) is 12.3. The second-order valence-electron chi connectivity index (χ2n) is 9.17. The summed E-state index contributed by atoms with van der Waals surface area (Å²) in [6.07, 6.45) is 6.04. The molecule has 0 saturated carbocycles. The Labute approximate surface area is 222 Å². The number of nitriles is 1. The predicted molar refractivity (Wildman–Crippen MR) is 155 cm³/mol. The Bertz CT molecular complexity index is 1520. The number of methoxy groups -OCH3 is 1. The van der Waals surface area contributed by atoms with Crippen molar-refractivity contribution < 1.29 is 9.30 Å². The molecule has 0 atom stereocenters. The highest BCUT2D eigenvalue weighted by Crippen LogP contribution is 2.41. The van der Waals surface area contributed by atoms with Crippen molar-refractivity contribution in [2.75, 3.05) is 49.6 Å². The molecule has 4 N–H and O–H groups in total. The number of nitrogens with two attached hydrogens (primary N) is 1. The highest BCUT2D eigenvalue weighted by Gasteiger charge is 2.25. The average Bonchev–Trinajstić information content (AvgIpc) is 3.05. The van der Waals surface area contributed by atoms with Crippen LogP contribution >= 0.6 is 7.14 Å². The number of aromatic nitrogens is 2. The summed E-state index contributed by atoms with van der Waals surface area (Å²) in [6, 6.07) is 11.2. The van der Waals surface area contributed by atoms with Crippen LogP contribution in [0.2, 0.25) is 0 Å². The third-order valence-corrected chi connectivity index (χ3v) is 7.84. The van der Waals surface area contributed by atoms with E-state index in [-0.39, 0.29) is 0 Å². The number of aliphatic imine (C=N–C) groups is 1. The number of fused-ring (bicyclic) bond motifs is 1. The first kappa shape index (κ1) is 26.7. The van der Waals surface area contributed by atoms with E-state index in [1.807, 2.05) is 37.3 Å². The van der Waals surface area contributed by atoms with Crippen LogP contribution in [0.5, 0.6) is 5.75 Å². The van der Waals surface area contributed by atoms with Gasteiger partial charge in [0.05, 0.1) is 24.2 Å². The van der Waals surface area contributed by atoms with E-state index in [2.05, 4.69) is 31.8 Å². The highest BCUT2D eigenvalue weighted by molar-refractivity contribution is 7.70.